The van der Waals surface area contributed by atoms with Crippen LogP contribution in [0, 0.1) is 0 Å². The van der Waals surface area contributed by atoms with Crippen molar-refractivity contribution in [2.24, 2.45) is 0 Å². The van der Waals surface area contributed by atoms with E-state index in [1.807, 2.05) is 23.1 Å². The van der Waals surface area contributed by atoms with E-state index in [2.05, 4.69) is 11.4 Å². The normalized spacial score (nSPS) is 20.3. The number of methoxy groups -OCH3 is 1. The molecule has 1 saturated carbocycles. The van der Waals surface area contributed by atoms with Crippen molar-refractivity contribution in [3.8, 4) is 5.75 Å². The van der Waals surface area contributed by atoms with Gasteiger partial charge in [0.15, 0.2) is 0 Å². The van der Waals surface area contributed by atoms with Gasteiger partial charge in [-0.15, -0.1) is 12.4 Å². The van der Waals surface area contributed by atoms with Crippen LogP contribution in [0.4, 0.5) is 0 Å². The Morgan fingerprint density at radius 2 is 1.91 bits per heavy atom. The van der Waals surface area contributed by atoms with E-state index in [0.717, 1.165) is 63.2 Å². The molecule has 1 aliphatic heterocycles. The first kappa shape index (κ1) is 17.1. The summed E-state index contributed by atoms with van der Waals surface area (Å²) in [7, 11) is 1.68. The van der Waals surface area contributed by atoms with Gasteiger partial charge in [0.2, 0.25) is 5.91 Å². The molecule has 1 aromatic rings. The molecule has 3 rings (SSSR count). The number of benzene rings is 1. The number of hydrogen-bond acceptors (Lipinski definition) is 3. The van der Waals surface area contributed by atoms with Gasteiger partial charge in [-0.1, -0.05) is 25.0 Å². The van der Waals surface area contributed by atoms with Gasteiger partial charge in [-0.05, 0) is 30.5 Å². The van der Waals surface area contributed by atoms with Crippen LogP contribution in [0.25, 0.3) is 0 Å². The highest BCUT2D eigenvalue weighted by Gasteiger charge is 2.45. The highest BCUT2D eigenvalue weighted by Crippen LogP contribution is 2.43. The minimum absolute atomic E-state index is 0. The Morgan fingerprint density at radius 1 is 1.23 bits per heavy atom. The summed E-state index contributed by atoms with van der Waals surface area (Å²) in [6.45, 7) is 3.45. The SMILES string of the molecule is COc1cccc(C2(C(=O)N3CCNCC3)CCCC2)c1.Cl. The average Bonchev–Trinajstić information content (AvgIpc) is 3.06. The highest BCUT2D eigenvalue weighted by molar-refractivity contribution is 5.89. The lowest BCUT2D eigenvalue weighted by atomic mass is 9.77. The fourth-order valence-electron chi connectivity index (χ4n) is 3.70. The van der Waals surface area contributed by atoms with Crippen molar-refractivity contribution in [3.05, 3.63) is 29.8 Å². The molecule has 2 fully saturated rings. The number of halogens is 1. The molecule has 1 N–H and O–H groups in total. The molecule has 4 nitrogen and oxygen atoms in total. The van der Waals surface area contributed by atoms with E-state index < -0.39 is 0 Å². The Hall–Kier alpha value is -1.26. The third kappa shape index (κ3) is 3.08. The number of carbonyl (C=O) groups is 1. The van der Waals surface area contributed by atoms with E-state index in [-0.39, 0.29) is 17.8 Å². The van der Waals surface area contributed by atoms with E-state index >= 15 is 0 Å². The number of hydrogen-bond donors (Lipinski definition) is 1. The molecule has 1 heterocycles. The van der Waals surface area contributed by atoms with Crippen LogP contribution in [0.3, 0.4) is 0 Å². The summed E-state index contributed by atoms with van der Waals surface area (Å²) in [5, 5.41) is 3.32. The van der Waals surface area contributed by atoms with Crippen LogP contribution in [-0.2, 0) is 10.2 Å². The Balaban J connectivity index is 0.00000176. The molecule has 0 bridgehead atoms. The molecule has 2 aliphatic rings. The van der Waals surface area contributed by atoms with Crippen LogP contribution < -0.4 is 10.1 Å². The quantitative estimate of drug-likeness (QED) is 0.928. The first-order valence-corrected chi connectivity index (χ1v) is 7.91. The number of piperazine rings is 1. The van der Waals surface area contributed by atoms with Gasteiger partial charge in [0.05, 0.1) is 12.5 Å². The number of nitrogens with one attached hydrogen (secondary N) is 1. The molecule has 1 aliphatic carbocycles. The minimum atomic E-state index is -0.327. The number of nitrogens with zero attached hydrogens (tertiary/aromatic N) is 1. The van der Waals surface area contributed by atoms with Gasteiger partial charge < -0.3 is 15.0 Å². The van der Waals surface area contributed by atoms with Crippen molar-refractivity contribution < 1.29 is 9.53 Å². The van der Waals surface area contributed by atoms with Crippen molar-refractivity contribution >= 4 is 18.3 Å². The lowest BCUT2D eigenvalue weighted by Crippen LogP contribution is -2.52. The Morgan fingerprint density at radius 3 is 2.55 bits per heavy atom. The summed E-state index contributed by atoms with van der Waals surface area (Å²) in [5.41, 5.74) is 0.800. The van der Waals surface area contributed by atoms with Crippen LogP contribution in [0.2, 0.25) is 0 Å². The first-order chi connectivity index (χ1) is 10.3. The molecule has 0 unspecified atom stereocenters. The maximum Gasteiger partial charge on any atom is 0.233 e. The predicted octanol–water partition coefficient (Wildman–Crippen LogP) is 2.36. The lowest BCUT2D eigenvalue weighted by Gasteiger charge is -2.37. The zero-order valence-electron chi connectivity index (χ0n) is 13.1. The first-order valence-electron chi connectivity index (χ1n) is 7.91. The highest BCUT2D eigenvalue weighted by atomic mass is 35.5. The van der Waals surface area contributed by atoms with E-state index in [9.17, 15) is 4.79 Å². The van der Waals surface area contributed by atoms with Crippen LogP contribution in [0.5, 0.6) is 5.75 Å². The zero-order valence-corrected chi connectivity index (χ0v) is 14.0. The van der Waals surface area contributed by atoms with Gasteiger partial charge in [-0.2, -0.15) is 0 Å². The topological polar surface area (TPSA) is 41.6 Å². The summed E-state index contributed by atoms with van der Waals surface area (Å²) in [5.74, 6) is 1.15. The van der Waals surface area contributed by atoms with Crippen LogP contribution in [-0.4, -0.2) is 44.1 Å². The maximum absolute atomic E-state index is 13.2. The van der Waals surface area contributed by atoms with E-state index in [1.165, 1.54) is 0 Å². The van der Waals surface area contributed by atoms with Gasteiger partial charge >= 0.3 is 0 Å². The van der Waals surface area contributed by atoms with E-state index in [4.69, 9.17) is 4.74 Å². The van der Waals surface area contributed by atoms with Crippen molar-refractivity contribution in [1.82, 2.24) is 10.2 Å². The molecule has 0 spiro atoms. The molecule has 5 heteroatoms. The summed E-state index contributed by atoms with van der Waals surface area (Å²) in [6.07, 6.45) is 4.19. The van der Waals surface area contributed by atoms with Crippen molar-refractivity contribution in [3.63, 3.8) is 0 Å². The predicted molar refractivity (Wildman–Crippen MR) is 89.8 cm³/mol. The number of carbonyl (C=O) groups excluding carboxylic acids is 1. The van der Waals surface area contributed by atoms with Gasteiger partial charge in [-0.3, -0.25) is 4.79 Å². The summed E-state index contributed by atoms with van der Waals surface area (Å²) < 4.78 is 5.35. The molecule has 0 radical (unpaired) electrons. The smallest absolute Gasteiger partial charge is 0.233 e. The fraction of sp³-hybridized carbons (Fsp3) is 0.588. The maximum atomic E-state index is 13.2. The molecule has 22 heavy (non-hydrogen) atoms. The van der Waals surface area contributed by atoms with Gasteiger partial charge in [0, 0.05) is 26.2 Å². The number of ether oxygens (including phenoxy) is 1. The van der Waals surface area contributed by atoms with Crippen LogP contribution in [0.15, 0.2) is 24.3 Å². The number of amides is 1. The molecule has 122 valence electrons. The standard InChI is InChI=1S/C17H24N2O2.ClH/c1-21-15-6-4-5-14(13-15)17(7-2-3-8-17)16(20)19-11-9-18-10-12-19;/h4-6,13,18H,2-3,7-12H2,1H3;1H. The fourth-order valence-corrected chi connectivity index (χ4v) is 3.70. The molecule has 1 aromatic carbocycles. The van der Waals surface area contributed by atoms with Gasteiger partial charge in [0.1, 0.15) is 5.75 Å². The monoisotopic (exact) mass is 324 g/mol. The molecule has 0 aromatic heterocycles. The van der Waals surface area contributed by atoms with Gasteiger partial charge in [0.25, 0.3) is 0 Å². The van der Waals surface area contributed by atoms with Crippen molar-refractivity contribution in [2.75, 3.05) is 33.3 Å². The third-order valence-electron chi connectivity index (χ3n) is 4.89. The molecule has 1 amide bonds. The zero-order chi connectivity index (χ0) is 14.7. The Kier molecular flexibility index (Phi) is 5.70. The van der Waals surface area contributed by atoms with Crippen LogP contribution >= 0.6 is 12.4 Å². The second kappa shape index (κ2) is 7.34. The third-order valence-corrected chi connectivity index (χ3v) is 4.89. The molecule has 0 atom stereocenters. The summed E-state index contributed by atoms with van der Waals surface area (Å²) in [6, 6.07) is 8.08. The summed E-state index contributed by atoms with van der Waals surface area (Å²) in [4.78, 5) is 15.2. The minimum Gasteiger partial charge on any atom is -0.497 e. The lowest BCUT2D eigenvalue weighted by molar-refractivity contribution is -0.138. The Labute approximate surface area is 138 Å². The Bertz CT molecular complexity index is 509. The largest absolute Gasteiger partial charge is 0.497 e. The second-order valence-electron chi connectivity index (χ2n) is 6.06. The molecule has 1 saturated heterocycles. The van der Waals surface area contributed by atoms with Crippen molar-refractivity contribution in [2.45, 2.75) is 31.1 Å². The molecular formula is C17H25ClN2O2. The number of rotatable bonds is 3. The summed E-state index contributed by atoms with van der Waals surface area (Å²) >= 11 is 0. The van der Waals surface area contributed by atoms with E-state index in [1.54, 1.807) is 7.11 Å². The van der Waals surface area contributed by atoms with Gasteiger partial charge in [-0.25, -0.2) is 0 Å². The second-order valence-corrected chi connectivity index (χ2v) is 6.06. The van der Waals surface area contributed by atoms with Crippen LogP contribution in [0.1, 0.15) is 31.2 Å². The average molecular weight is 325 g/mol. The van der Waals surface area contributed by atoms with Crippen molar-refractivity contribution in [1.29, 1.82) is 0 Å². The van der Waals surface area contributed by atoms with E-state index in [0.29, 0.717) is 5.91 Å². The molecular weight excluding hydrogens is 300 g/mol.